The second kappa shape index (κ2) is 11.7. The lowest BCUT2D eigenvalue weighted by Gasteiger charge is -2.35. The number of likely N-dealkylation sites (N-methyl/N-ethyl adjacent to an activating group) is 1. The highest BCUT2D eigenvalue weighted by Gasteiger charge is 2.31. The van der Waals surface area contributed by atoms with Gasteiger partial charge in [0.1, 0.15) is 5.69 Å². The van der Waals surface area contributed by atoms with Gasteiger partial charge in [0.25, 0.3) is 0 Å². The van der Waals surface area contributed by atoms with Crippen LogP contribution in [0.1, 0.15) is 37.9 Å². The highest BCUT2D eigenvalue weighted by Crippen LogP contribution is 2.21. The molecule has 35 heavy (non-hydrogen) atoms. The van der Waals surface area contributed by atoms with Crippen molar-refractivity contribution in [2.24, 2.45) is 5.92 Å². The third-order valence-electron chi connectivity index (χ3n) is 6.15. The summed E-state index contributed by atoms with van der Waals surface area (Å²) in [5.74, 6) is -0.349. The molecule has 11 nitrogen and oxygen atoms in total. The van der Waals surface area contributed by atoms with E-state index in [1.54, 1.807) is 28.8 Å². The highest BCUT2D eigenvalue weighted by molar-refractivity contribution is 7.89. The minimum atomic E-state index is -3.89. The van der Waals surface area contributed by atoms with Crippen molar-refractivity contribution in [2.75, 3.05) is 26.7 Å². The monoisotopic (exact) mass is 504 g/mol. The third-order valence-corrected chi connectivity index (χ3v) is 7.97. The number of nitrogens with zero attached hydrogens (tertiary/aromatic N) is 6. The number of fused-ring (bicyclic) bond motifs is 2. The number of sulfonamides is 1. The molecule has 0 saturated carbocycles. The Labute approximate surface area is 205 Å². The topological polar surface area (TPSA) is 142 Å². The van der Waals surface area contributed by atoms with Crippen LogP contribution in [0.25, 0.3) is 0 Å². The molecule has 2 heterocycles. The summed E-state index contributed by atoms with van der Waals surface area (Å²) in [6, 6.07) is 7.42. The molecule has 0 unspecified atom stereocenters. The van der Waals surface area contributed by atoms with Gasteiger partial charge in [-0.3, -0.25) is 9.48 Å². The SMILES string of the molecule is C[C@@H]1CN([C@@H](C)CO)C(=O)CCCn2cc(nn2)CO[C@H]1CN(C)S(=O)(=O)c1cccc(C#N)c1. The number of aromatic nitrogens is 3. The van der Waals surface area contributed by atoms with E-state index in [9.17, 15) is 18.3 Å². The Morgan fingerprint density at radius 3 is 2.89 bits per heavy atom. The molecule has 1 aromatic heterocycles. The Hall–Kier alpha value is -2.85. The third kappa shape index (κ3) is 6.64. The molecule has 12 heteroatoms. The van der Waals surface area contributed by atoms with Gasteiger partial charge in [-0.2, -0.15) is 9.57 Å². The molecule has 0 radical (unpaired) electrons. The molecule has 0 saturated heterocycles. The first-order chi connectivity index (χ1) is 16.6. The molecule has 3 rings (SSSR count). The summed E-state index contributed by atoms with van der Waals surface area (Å²) >= 11 is 0. The maximum Gasteiger partial charge on any atom is 0.242 e. The van der Waals surface area contributed by atoms with Gasteiger partial charge in [0.05, 0.1) is 48.1 Å². The van der Waals surface area contributed by atoms with E-state index in [0.29, 0.717) is 31.6 Å². The number of ether oxygens (including phenoxy) is 1. The highest BCUT2D eigenvalue weighted by atomic mass is 32.2. The van der Waals surface area contributed by atoms with Crippen LogP contribution in [0.5, 0.6) is 0 Å². The van der Waals surface area contributed by atoms with Crippen LogP contribution in [0.4, 0.5) is 0 Å². The molecule has 0 fully saturated rings. The predicted octanol–water partition coefficient (Wildman–Crippen LogP) is 0.995. The number of carbonyl (C=O) groups is 1. The molecule has 1 aliphatic rings. The Bertz CT molecular complexity index is 1160. The van der Waals surface area contributed by atoms with Crippen LogP contribution >= 0.6 is 0 Å². The Kier molecular flexibility index (Phi) is 8.96. The molecule has 1 aromatic carbocycles. The lowest BCUT2D eigenvalue weighted by molar-refractivity contribution is -0.136. The molecule has 0 aliphatic carbocycles. The second-order valence-electron chi connectivity index (χ2n) is 8.91. The number of amides is 1. The largest absolute Gasteiger partial charge is 0.394 e. The summed E-state index contributed by atoms with van der Waals surface area (Å²) in [5.41, 5.74) is 0.863. The van der Waals surface area contributed by atoms with Gasteiger partial charge < -0.3 is 14.7 Å². The van der Waals surface area contributed by atoms with E-state index in [0.717, 1.165) is 0 Å². The standard InChI is InChI=1S/C23H32N6O5S/c1-17-12-29(18(2)15-30)23(31)8-5-9-28-13-20(25-26-28)16-34-22(17)14-27(3)35(32,33)21-7-4-6-19(10-21)11-24/h4,6-7,10,13,17-18,22,30H,5,8-9,12,14-16H2,1-3H3/t17-,18+,22+/m1/s1. The average Bonchev–Trinajstić information content (AvgIpc) is 3.31. The zero-order valence-electron chi connectivity index (χ0n) is 20.2. The minimum absolute atomic E-state index is 0.0178. The fourth-order valence-electron chi connectivity index (χ4n) is 3.95. The van der Waals surface area contributed by atoms with E-state index in [2.05, 4.69) is 10.3 Å². The summed E-state index contributed by atoms with van der Waals surface area (Å²) in [7, 11) is -2.43. The number of hydrogen-bond acceptors (Lipinski definition) is 8. The van der Waals surface area contributed by atoms with Gasteiger partial charge in [0.2, 0.25) is 15.9 Å². The zero-order valence-corrected chi connectivity index (χ0v) is 21.1. The van der Waals surface area contributed by atoms with E-state index in [4.69, 9.17) is 10.00 Å². The van der Waals surface area contributed by atoms with Gasteiger partial charge >= 0.3 is 0 Å². The number of aliphatic hydroxyl groups is 1. The Morgan fingerprint density at radius 1 is 1.40 bits per heavy atom. The first-order valence-electron chi connectivity index (χ1n) is 11.5. The normalized spacial score (nSPS) is 21.0. The number of rotatable bonds is 6. The number of hydrogen-bond donors (Lipinski definition) is 1. The van der Waals surface area contributed by atoms with Gasteiger partial charge in [0.15, 0.2) is 0 Å². The van der Waals surface area contributed by atoms with Gasteiger partial charge in [0, 0.05) is 39.0 Å². The van der Waals surface area contributed by atoms with Crippen LogP contribution in [0.15, 0.2) is 35.4 Å². The van der Waals surface area contributed by atoms with Crippen molar-refractivity contribution in [3.05, 3.63) is 41.7 Å². The van der Waals surface area contributed by atoms with Crippen molar-refractivity contribution in [2.45, 2.75) is 56.9 Å². The maximum absolute atomic E-state index is 13.2. The Balaban J connectivity index is 1.87. The van der Waals surface area contributed by atoms with E-state index < -0.39 is 16.1 Å². The van der Waals surface area contributed by atoms with Crippen LogP contribution < -0.4 is 0 Å². The molecule has 1 amide bonds. The van der Waals surface area contributed by atoms with Gasteiger partial charge in [-0.25, -0.2) is 8.42 Å². The molecule has 1 aliphatic heterocycles. The van der Waals surface area contributed by atoms with Gasteiger partial charge in [-0.1, -0.05) is 18.2 Å². The smallest absolute Gasteiger partial charge is 0.242 e. The molecule has 190 valence electrons. The summed E-state index contributed by atoms with van der Waals surface area (Å²) in [4.78, 5) is 14.6. The Morgan fingerprint density at radius 2 is 2.17 bits per heavy atom. The lowest BCUT2D eigenvalue weighted by atomic mass is 10.0. The summed E-state index contributed by atoms with van der Waals surface area (Å²) in [6.45, 7) is 4.47. The molecule has 1 N–H and O–H groups in total. The van der Waals surface area contributed by atoms with E-state index in [1.165, 1.54) is 29.6 Å². The first kappa shape index (κ1) is 26.7. The first-order valence-corrected chi connectivity index (χ1v) is 13.0. The molecule has 0 spiro atoms. The minimum Gasteiger partial charge on any atom is -0.394 e. The summed E-state index contributed by atoms with van der Waals surface area (Å²) in [5, 5.41) is 27.0. The van der Waals surface area contributed by atoms with Crippen LogP contribution in [0.3, 0.4) is 0 Å². The lowest BCUT2D eigenvalue weighted by Crippen LogP contribution is -2.47. The molecule has 2 aromatic rings. The molecular formula is C23H32N6O5S. The number of nitriles is 1. The van der Waals surface area contributed by atoms with Crippen LogP contribution in [-0.4, -0.2) is 82.5 Å². The quantitative estimate of drug-likeness (QED) is 0.614. The number of aliphatic hydroxyl groups excluding tert-OH is 1. The van der Waals surface area contributed by atoms with E-state index >= 15 is 0 Å². The van der Waals surface area contributed by atoms with Crippen molar-refractivity contribution < 1.29 is 23.1 Å². The van der Waals surface area contributed by atoms with E-state index in [1.807, 2.05) is 13.0 Å². The van der Waals surface area contributed by atoms with Crippen molar-refractivity contribution in [1.82, 2.24) is 24.2 Å². The summed E-state index contributed by atoms with van der Waals surface area (Å²) in [6.07, 6.45) is 2.05. The second-order valence-corrected chi connectivity index (χ2v) is 11.0. The van der Waals surface area contributed by atoms with Crippen molar-refractivity contribution in [3.63, 3.8) is 0 Å². The molecule has 2 bridgehead atoms. The van der Waals surface area contributed by atoms with Gasteiger partial charge in [-0.15, -0.1) is 5.10 Å². The van der Waals surface area contributed by atoms with Crippen molar-refractivity contribution in [1.29, 1.82) is 5.26 Å². The van der Waals surface area contributed by atoms with Gasteiger partial charge in [-0.05, 0) is 31.5 Å². The van der Waals surface area contributed by atoms with Crippen LogP contribution in [0, 0.1) is 17.2 Å². The number of aryl methyl sites for hydroxylation is 1. The fourth-order valence-corrected chi connectivity index (χ4v) is 5.18. The predicted molar refractivity (Wildman–Crippen MR) is 126 cm³/mol. The average molecular weight is 505 g/mol. The summed E-state index contributed by atoms with van der Waals surface area (Å²) < 4.78 is 35.4. The molecular weight excluding hydrogens is 472 g/mol. The zero-order chi connectivity index (χ0) is 25.6. The maximum atomic E-state index is 13.2. The number of carbonyl (C=O) groups excluding carboxylic acids is 1. The van der Waals surface area contributed by atoms with Crippen molar-refractivity contribution in [3.8, 4) is 6.07 Å². The van der Waals surface area contributed by atoms with E-state index in [-0.39, 0.29) is 48.1 Å². The van der Waals surface area contributed by atoms with Crippen molar-refractivity contribution >= 4 is 15.9 Å². The fraction of sp³-hybridized carbons (Fsp3) is 0.565. The molecule has 3 atom stereocenters. The van der Waals surface area contributed by atoms with Crippen LogP contribution in [-0.2, 0) is 32.7 Å². The number of benzene rings is 1. The van der Waals surface area contributed by atoms with Crippen LogP contribution in [0.2, 0.25) is 0 Å².